The Labute approximate surface area is 164 Å². The van der Waals surface area contributed by atoms with Crippen molar-refractivity contribution < 1.29 is 9.59 Å². The summed E-state index contributed by atoms with van der Waals surface area (Å²) in [5.41, 5.74) is 3.18. The fraction of sp³-hybridized carbons (Fsp3) is 0.333. The predicted molar refractivity (Wildman–Crippen MR) is 108 cm³/mol. The van der Waals surface area contributed by atoms with E-state index in [9.17, 15) is 9.59 Å². The molecule has 6 heteroatoms. The van der Waals surface area contributed by atoms with E-state index in [4.69, 9.17) is 11.6 Å². The maximum atomic E-state index is 12.7. The first-order chi connectivity index (χ1) is 13.0. The van der Waals surface area contributed by atoms with Crippen LogP contribution < -0.4 is 10.6 Å². The summed E-state index contributed by atoms with van der Waals surface area (Å²) in [6.45, 7) is 5.07. The molecule has 27 heavy (non-hydrogen) atoms. The lowest BCUT2D eigenvalue weighted by Gasteiger charge is -2.22. The van der Waals surface area contributed by atoms with Gasteiger partial charge in [-0.15, -0.1) is 0 Å². The number of nitrogens with one attached hydrogen (secondary N) is 2. The molecule has 1 aliphatic rings. The molecular formula is C21H24ClN3O2. The average Bonchev–Trinajstić information content (AvgIpc) is 3.46. The second-order valence-corrected chi connectivity index (χ2v) is 7.22. The van der Waals surface area contributed by atoms with E-state index in [1.165, 1.54) is 0 Å². The minimum absolute atomic E-state index is 0.203. The highest BCUT2D eigenvalue weighted by Crippen LogP contribution is 2.24. The summed E-state index contributed by atoms with van der Waals surface area (Å²) in [7, 11) is 0. The smallest absolute Gasteiger partial charge is 0.322 e. The van der Waals surface area contributed by atoms with Crippen molar-refractivity contribution in [1.29, 1.82) is 0 Å². The molecule has 1 aliphatic carbocycles. The van der Waals surface area contributed by atoms with Crippen LogP contribution in [0.3, 0.4) is 0 Å². The number of nitrogens with zero attached hydrogens (tertiary/aromatic N) is 1. The van der Waals surface area contributed by atoms with Gasteiger partial charge in [-0.25, -0.2) is 4.79 Å². The Bertz CT molecular complexity index is 849. The summed E-state index contributed by atoms with van der Waals surface area (Å²) in [6.07, 6.45) is 2.01. The van der Waals surface area contributed by atoms with Gasteiger partial charge in [-0.05, 0) is 56.0 Å². The monoisotopic (exact) mass is 385 g/mol. The molecule has 0 radical (unpaired) electrons. The van der Waals surface area contributed by atoms with E-state index in [-0.39, 0.29) is 18.0 Å². The number of benzene rings is 2. The van der Waals surface area contributed by atoms with Crippen LogP contribution >= 0.6 is 11.6 Å². The average molecular weight is 386 g/mol. The zero-order chi connectivity index (χ0) is 19.4. The molecule has 0 bridgehead atoms. The summed E-state index contributed by atoms with van der Waals surface area (Å²) in [5.74, 6) is -0.203. The summed E-state index contributed by atoms with van der Waals surface area (Å²) >= 11 is 6.16. The van der Waals surface area contributed by atoms with Crippen LogP contribution in [0.25, 0.3) is 0 Å². The van der Waals surface area contributed by atoms with E-state index in [0.717, 1.165) is 24.0 Å². The van der Waals surface area contributed by atoms with Crippen LogP contribution in [-0.2, 0) is 6.54 Å². The zero-order valence-electron chi connectivity index (χ0n) is 15.6. The first-order valence-electron chi connectivity index (χ1n) is 9.18. The van der Waals surface area contributed by atoms with Gasteiger partial charge < -0.3 is 15.5 Å². The summed E-state index contributed by atoms with van der Waals surface area (Å²) < 4.78 is 0. The Morgan fingerprint density at radius 1 is 1.19 bits per heavy atom. The number of urea groups is 1. The third-order valence-electron chi connectivity index (χ3n) is 4.67. The van der Waals surface area contributed by atoms with Gasteiger partial charge in [0, 0.05) is 24.8 Å². The number of amides is 3. The Morgan fingerprint density at radius 3 is 2.59 bits per heavy atom. The van der Waals surface area contributed by atoms with Crippen molar-refractivity contribution in [2.24, 2.45) is 0 Å². The molecule has 0 spiro atoms. The lowest BCUT2D eigenvalue weighted by Crippen LogP contribution is -2.34. The maximum Gasteiger partial charge on any atom is 0.322 e. The third kappa shape index (κ3) is 5.01. The summed E-state index contributed by atoms with van der Waals surface area (Å²) in [4.78, 5) is 26.7. The normalized spacial score (nSPS) is 13.1. The molecule has 0 aliphatic heterocycles. The fourth-order valence-corrected chi connectivity index (χ4v) is 2.99. The highest BCUT2D eigenvalue weighted by atomic mass is 35.5. The molecule has 0 saturated heterocycles. The molecule has 1 saturated carbocycles. The maximum absolute atomic E-state index is 12.7. The summed E-state index contributed by atoms with van der Waals surface area (Å²) in [6, 6.07) is 13.0. The van der Waals surface area contributed by atoms with Gasteiger partial charge in [0.1, 0.15) is 0 Å². The largest absolute Gasteiger partial charge is 0.349 e. The Kier molecular flexibility index (Phi) is 6.01. The van der Waals surface area contributed by atoms with Gasteiger partial charge in [-0.1, -0.05) is 35.9 Å². The Hall–Kier alpha value is -2.53. The number of rotatable bonds is 6. The lowest BCUT2D eigenvalue weighted by molar-refractivity contribution is 0.0951. The Morgan fingerprint density at radius 2 is 1.93 bits per heavy atom. The highest BCUT2D eigenvalue weighted by molar-refractivity contribution is 6.34. The van der Waals surface area contributed by atoms with E-state index in [2.05, 4.69) is 10.6 Å². The van der Waals surface area contributed by atoms with Gasteiger partial charge >= 0.3 is 6.03 Å². The van der Waals surface area contributed by atoms with Crippen molar-refractivity contribution in [1.82, 2.24) is 10.2 Å². The van der Waals surface area contributed by atoms with E-state index < -0.39 is 0 Å². The lowest BCUT2D eigenvalue weighted by atomic mass is 10.1. The van der Waals surface area contributed by atoms with Crippen molar-refractivity contribution in [3.63, 3.8) is 0 Å². The van der Waals surface area contributed by atoms with Gasteiger partial charge in [-0.2, -0.15) is 0 Å². The SMILES string of the molecule is CCN(Cc1ccccc1C)C(=O)Nc1ccc(Cl)c(C(=O)NC2CC2)c1. The fourth-order valence-electron chi connectivity index (χ4n) is 2.79. The number of aryl methyl sites for hydroxylation is 1. The second-order valence-electron chi connectivity index (χ2n) is 6.81. The van der Waals surface area contributed by atoms with Crippen LogP contribution in [0.4, 0.5) is 10.5 Å². The molecule has 3 rings (SSSR count). The van der Waals surface area contributed by atoms with Crippen molar-refractivity contribution >= 4 is 29.2 Å². The van der Waals surface area contributed by atoms with Crippen LogP contribution in [-0.4, -0.2) is 29.4 Å². The zero-order valence-corrected chi connectivity index (χ0v) is 16.3. The second kappa shape index (κ2) is 8.44. The topological polar surface area (TPSA) is 61.4 Å². The standard InChI is InChI=1S/C21H24ClN3O2/c1-3-25(13-15-7-5-4-6-14(15)2)21(27)24-17-10-11-19(22)18(12-17)20(26)23-16-8-9-16/h4-7,10-12,16H,3,8-9,13H2,1-2H3,(H,23,26)(H,24,27). The van der Waals surface area contributed by atoms with Crippen LogP contribution in [0.2, 0.25) is 5.02 Å². The van der Waals surface area contributed by atoms with Crippen LogP contribution in [0.5, 0.6) is 0 Å². The molecule has 2 aromatic rings. The molecule has 5 nitrogen and oxygen atoms in total. The molecule has 0 aromatic heterocycles. The minimum atomic E-state index is -0.211. The minimum Gasteiger partial charge on any atom is -0.349 e. The molecule has 2 N–H and O–H groups in total. The molecule has 3 amide bonds. The number of anilines is 1. The Balaban J connectivity index is 1.70. The third-order valence-corrected chi connectivity index (χ3v) is 5.00. The van der Waals surface area contributed by atoms with Gasteiger partial charge in [0.05, 0.1) is 10.6 Å². The molecule has 142 valence electrons. The molecule has 2 aromatic carbocycles. The van der Waals surface area contributed by atoms with Gasteiger partial charge in [0.25, 0.3) is 5.91 Å². The highest BCUT2D eigenvalue weighted by Gasteiger charge is 2.25. The van der Waals surface area contributed by atoms with Crippen molar-refractivity contribution in [2.45, 2.75) is 39.3 Å². The first kappa shape index (κ1) is 19.2. The van der Waals surface area contributed by atoms with Gasteiger partial charge in [-0.3, -0.25) is 4.79 Å². The molecule has 0 atom stereocenters. The number of hydrogen-bond acceptors (Lipinski definition) is 2. The van der Waals surface area contributed by atoms with E-state index >= 15 is 0 Å². The van der Waals surface area contributed by atoms with E-state index in [1.54, 1.807) is 23.1 Å². The van der Waals surface area contributed by atoms with Crippen molar-refractivity contribution in [3.8, 4) is 0 Å². The van der Waals surface area contributed by atoms with E-state index in [1.807, 2.05) is 38.1 Å². The molecule has 0 unspecified atom stereocenters. The molecular weight excluding hydrogens is 362 g/mol. The molecule has 0 heterocycles. The quantitative estimate of drug-likeness (QED) is 0.763. The van der Waals surface area contributed by atoms with Crippen LogP contribution in [0.15, 0.2) is 42.5 Å². The summed E-state index contributed by atoms with van der Waals surface area (Å²) in [5, 5.41) is 6.16. The number of hydrogen-bond donors (Lipinski definition) is 2. The van der Waals surface area contributed by atoms with Crippen LogP contribution in [0, 0.1) is 6.92 Å². The van der Waals surface area contributed by atoms with E-state index in [0.29, 0.717) is 29.4 Å². The number of carbonyl (C=O) groups is 2. The van der Waals surface area contributed by atoms with Gasteiger partial charge in [0.2, 0.25) is 0 Å². The number of halogens is 1. The van der Waals surface area contributed by atoms with Crippen LogP contribution in [0.1, 0.15) is 41.3 Å². The predicted octanol–water partition coefficient (Wildman–Crippen LogP) is 4.59. The van der Waals surface area contributed by atoms with Crippen molar-refractivity contribution in [2.75, 3.05) is 11.9 Å². The van der Waals surface area contributed by atoms with Crippen molar-refractivity contribution in [3.05, 3.63) is 64.2 Å². The first-order valence-corrected chi connectivity index (χ1v) is 9.56. The van der Waals surface area contributed by atoms with Gasteiger partial charge in [0.15, 0.2) is 0 Å². The number of carbonyl (C=O) groups excluding carboxylic acids is 2. The molecule has 1 fully saturated rings.